The van der Waals surface area contributed by atoms with Crippen LogP contribution in [0.4, 0.5) is 0 Å². The minimum atomic E-state index is -0.0718. The number of hydrogen-bond acceptors (Lipinski definition) is 5. The van der Waals surface area contributed by atoms with E-state index in [1.807, 2.05) is 62.5 Å². The van der Waals surface area contributed by atoms with Gasteiger partial charge in [-0.2, -0.15) is 0 Å². The van der Waals surface area contributed by atoms with E-state index in [2.05, 4.69) is 17.1 Å². The van der Waals surface area contributed by atoms with Crippen LogP contribution in [0.15, 0.2) is 53.3 Å². The Morgan fingerprint density at radius 1 is 1.11 bits per heavy atom. The normalized spacial score (nSPS) is 11.3. The van der Waals surface area contributed by atoms with Gasteiger partial charge in [0.15, 0.2) is 0 Å². The average Bonchev–Trinajstić information content (AvgIpc) is 2.72. The number of para-hydroxylation sites is 3. The van der Waals surface area contributed by atoms with Crippen molar-refractivity contribution in [3.05, 3.63) is 64.7 Å². The van der Waals surface area contributed by atoms with Crippen molar-refractivity contribution in [2.24, 2.45) is 0 Å². The van der Waals surface area contributed by atoms with Crippen molar-refractivity contribution in [3.63, 3.8) is 0 Å². The lowest BCUT2D eigenvalue weighted by atomic mass is 10.2. The lowest BCUT2D eigenvalue weighted by Crippen LogP contribution is -2.34. The third-order valence-electron chi connectivity index (χ3n) is 4.74. The summed E-state index contributed by atoms with van der Waals surface area (Å²) in [7, 11) is 1.94. The Hall–Kier alpha value is -2.70. The molecule has 0 saturated carbocycles. The molecule has 0 aliphatic rings. The second-order valence-electron chi connectivity index (χ2n) is 6.56. The zero-order chi connectivity index (χ0) is 19.9. The summed E-state index contributed by atoms with van der Waals surface area (Å²) in [6, 6.07) is 15.1. The molecule has 6 heteroatoms. The van der Waals surface area contributed by atoms with Gasteiger partial charge < -0.3 is 10.1 Å². The van der Waals surface area contributed by atoms with Gasteiger partial charge in [-0.05, 0) is 44.8 Å². The monoisotopic (exact) mass is 380 g/mol. The quantitative estimate of drug-likeness (QED) is 0.619. The van der Waals surface area contributed by atoms with E-state index in [-0.39, 0.29) is 5.56 Å². The smallest absolute Gasteiger partial charge is 0.266 e. The van der Waals surface area contributed by atoms with Crippen LogP contribution in [0.2, 0.25) is 0 Å². The summed E-state index contributed by atoms with van der Waals surface area (Å²) < 4.78 is 7.50. The fourth-order valence-electron chi connectivity index (χ4n) is 3.27. The van der Waals surface area contributed by atoms with E-state index in [0.29, 0.717) is 30.1 Å². The number of rotatable bonds is 9. The Balaban J connectivity index is 2.19. The van der Waals surface area contributed by atoms with E-state index < -0.39 is 0 Å². The van der Waals surface area contributed by atoms with E-state index in [1.165, 1.54) is 0 Å². The van der Waals surface area contributed by atoms with E-state index in [4.69, 9.17) is 9.72 Å². The topological polar surface area (TPSA) is 59.4 Å². The highest BCUT2D eigenvalue weighted by molar-refractivity contribution is 5.78. The van der Waals surface area contributed by atoms with Crippen LogP contribution < -0.4 is 15.6 Å². The molecule has 0 aliphatic carbocycles. The van der Waals surface area contributed by atoms with Gasteiger partial charge in [0.25, 0.3) is 5.56 Å². The predicted octanol–water partition coefficient (Wildman–Crippen LogP) is 2.83. The summed E-state index contributed by atoms with van der Waals surface area (Å²) in [6.07, 6.45) is 0. The molecule has 28 heavy (non-hydrogen) atoms. The lowest BCUT2D eigenvalue weighted by molar-refractivity contribution is 0.272. The van der Waals surface area contributed by atoms with Crippen molar-refractivity contribution in [1.82, 2.24) is 19.8 Å². The fraction of sp³-hybridized carbons (Fsp3) is 0.364. The van der Waals surface area contributed by atoms with Gasteiger partial charge in [0.05, 0.1) is 29.7 Å². The van der Waals surface area contributed by atoms with Gasteiger partial charge in [0, 0.05) is 13.1 Å². The van der Waals surface area contributed by atoms with Crippen LogP contribution in [-0.2, 0) is 6.54 Å². The Labute approximate surface area is 165 Å². The summed E-state index contributed by atoms with van der Waals surface area (Å²) in [5.74, 6) is 1.40. The second-order valence-corrected chi connectivity index (χ2v) is 6.56. The third kappa shape index (κ3) is 4.24. The SMILES string of the molecule is CCOc1ccccc1-n1c(CN(CC)CCNC)nc2ccccc2c1=O. The maximum atomic E-state index is 13.4. The van der Waals surface area contributed by atoms with Crippen LogP contribution in [0.5, 0.6) is 5.75 Å². The van der Waals surface area contributed by atoms with Crippen molar-refractivity contribution in [2.45, 2.75) is 20.4 Å². The van der Waals surface area contributed by atoms with Crippen LogP contribution in [0.3, 0.4) is 0 Å². The number of ether oxygens (including phenoxy) is 1. The predicted molar refractivity (Wildman–Crippen MR) is 113 cm³/mol. The van der Waals surface area contributed by atoms with Gasteiger partial charge >= 0.3 is 0 Å². The maximum absolute atomic E-state index is 13.4. The van der Waals surface area contributed by atoms with Crippen molar-refractivity contribution >= 4 is 10.9 Å². The largest absolute Gasteiger partial charge is 0.492 e. The molecule has 0 saturated heterocycles. The summed E-state index contributed by atoms with van der Waals surface area (Å²) in [5, 5.41) is 3.79. The highest BCUT2D eigenvalue weighted by Gasteiger charge is 2.17. The molecule has 1 aromatic heterocycles. The van der Waals surface area contributed by atoms with Gasteiger partial charge in [-0.3, -0.25) is 14.3 Å². The first-order valence-electron chi connectivity index (χ1n) is 9.79. The molecule has 2 aromatic carbocycles. The average molecular weight is 380 g/mol. The van der Waals surface area contributed by atoms with Crippen LogP contribution in [0.1, 0.15) is 19.7 Å². The first kappa shape index (κ1) is 20.0. The lowest BCUT2D eigenvalue weighted by Gasteiger charge is -2.23. The minimum Gasteiger partial charge on any atom is -0.492 e. The highest BCUT2D eigenvalue weighted by atomic mass is 16.5. The Bertz CT molecular complexity index is 984. The second kappa shape index (κ2) is 9.48. The molecule has 0 unspecified atom stereocenters. The molecular weight excluding hydrogens is 352 g/mol. The van der Waals surface area contributed by atoms with Gasteiger partial charge in [0.2, 0.25) is 0 Å². The molecule has 0 atom stereocenters. The number of nitrogens with one attached hydrogen (secondary N) is 1. The van der Waals surface area contributed by atoms with Crippen molar-refractivity contribution < 1.29 is 4.74 Å². The Kier molecular flexibility index (Phi) is 6.79. The van der Waals surface area contributed by atoms with Gasteiger partial charge in [-0.15, -0.1) is 0 Å². The van der Waals surface area contributed by atoms with E-state index in [1.54, 1.807) is 4.57 Å². The van der Waals surface area contributed by atoms with Crippen LogP contribution >= 0.6 is 0 Å². The molecule has 0 fully saturated rings. The van der Waals surface area contributed by atoms with Crippen LogP contribution in [0, 0.1) is 0 Å². The fourth-order valence-corrected chi connectivity index (χ4v) is 3.27. The first-order chi connectivity index (χ1) is 13.7. The van der Waals surface area contributed by atoms with Crippen molar-refractivity contribution in [1.29, 1.82) is 0 Å². The molecule has 0 bridgehead atoms. The number of hydrogen-bond donors (Lipinski definition) is 1. The molecule has 1 heterocycles. The zero-order valence-electron chi connectivity index (χ0n) is 16.8. The number of aromatic nitrogens is 2. The van der Waals surface area contributed by atoms with Gasteiger partial charge in [-0.1, -0.05) is 31.2 Å². The summed E-state index contributed by atoms with van der Waals surface area (Å²) in [6.45, 7) is 7.80. The molecule has 3 rings (SSSR count). The van der Waals surface area contributed by atoms with Crippen molar-refractivity contribution in [3.8, 4) is 11.4 Å². The Morgan fingerprint density at radius 2 is 1.86 bits per heavy atom. The number of nitrogens with zero attached hydrogens (tertiary/aromatic N) is 3. The maximum Gasteiger partial charge on any atom is 0.266 e. The molecule has 6 nitrogen and oxygen atoms in total. The zero-order valence-corrected chi connectivity index (χ0v) is 16.8. The highest BCUT2D eigenvalue weighted by Crippen LogP contribution is 2.24. The molecule has 0 spiro atoms. The number of benzene rings is 2. The standard InChI is InChI=1S/C22H28N4O2/c1-4-25(15-14-23-3)16-21-24-18-11-7-6-10-17(18)22(27)26(21)19-12-8-9-13-20(19)28-5-2/h6-13,23H,4-5,14-16H2,1-3H3. The third-order valence-corrected chi connectivity index (χ3v) is 4.74. The molecule has 1 N–H and O–H groups in total. The van der Waals surface area contributed by atoms with Crippen LogP contribution in [0.25, 0.3) is 16.6 Å². The van der Waals surface area contributed by atoms with Gasteiger partial charge in [0.1, 0.15) is 11.6 Å². The Morgan fingerprint density at radius 3 is 2.61 bits per heavy atom. The summed E-state index contributed by atoms with van der Waals surface area (Å²) in [4.78, 5) is 20.6. The number of fused-ring (bicyclic) bond motifs is 1. The molecule has 0 amide bonds. The van der Waals surface area contributed by atoms with Crippen molar-refractivity contribution in [2.75, 3.05) is 33.3 Å². The van der Waals surface area contributed by atoms with Crippen LogP contribution in [-0.4, -0.2) is 47.7 Å². The molecular formula is C22H28N4O2. The van der Waals surface area contributed by atoms with E-state index >= 15 is 0 Å². The van der Waals surface area contributed by atoms with E-state index in [9.17, 15) is 4.79 Å². The first-order valence-corrected chi connectivity index (χ1v) is 9.79. The molecule has 148 valence electrons. The molecule has 0 radical (unpaired) electrons. The summed E-state index contributed by atoms with van der Waals surface area (Å²) in [5.41, 5.74) is 1.38. The summed E-state index contributed by atoms with van der Waals surface area (Å²) >= 11 is 0. The minimum absolute atomic E-state index is 0.0718. The van der Waals surface area contributed by atoms with E-state index in [0.717, 1.165) is 30.8 Å². The number of likely N-dealkylation sites (N-methyl/N-ethyl adjacent to an activating group) is 2. The molecule has 3 aromatic rings. The molecule has 0 aliphatic heterocycles. The van der Waals surface area contributed by atoms with Gasteiger partial charge in [-0.25, -0.2) is 4.98 Å².